The maximum atomic E-state index is 13.7. The first kappa shape index (κ1) is 14.2. The molecule has 2 aromatic rings. The molecule has 0 aliphatic rings. The van der Waals surface area contributed by atoms with Crippen LogP contribution in [0.25, 0.3) is 0 Å². The minimum Gasteiger partial charge on any atom is -0.494 e. The van der Waals surface area contributed by atoms with Crippen LogP contribution < -0.4 is 15.0 Å². The molecule has 0 aliphatic heterocycles. The molecule has 0 aromatic heterocycles. The van der Waals surface area contributed by atoms with Gasteiger partial charge in [0.1, 0.15) is 0 Å². The first-order valence-electron chi connectivity index (χ1n) is 6.40. The molecule has 3 nitrogen and oxygen atoms in total. The lowest BCUT2D eigenvalue weighted by molar-refractivity contribution is 0.386. The van der Waals surface area contributed by atoms with Crippen LogP contribution in [0.15, 0.2) is 36.4 Å². The lowest BCUT2D eigenvalue weighted by Crippen LogP contribution is -2.10. The van der Waals surface area contributed by atoms with Crippen LogP contribution in [0.4, 0.5) is 21.5 Å². The molecule has 0 amide bonds. The fourth-order valence-electron chi connectivity index (χ4n) is 2.08. The Morgan fingerprint density at radius 2 is 1.70 bits per heavy atom. The Hall–Kier alpha value is -2.23. The van der Waals surface area contributed by atoms with Crippen molar-refractivity contribution in [3.8, 4) is 5.75 Å². The highest BCUT2D eigenvalue weighted by Gasteiger charge is 2.06. The number of benzene rings is 2. The fraction of sp³-hybridized carbons (Fsp3) is 0.250. The summed E-state index contributed by atoms with van der Waals surface area (Å²) in [5.41, 5.74) is 3.94. The van der Waals surface area contributed by atoms with Crippen molar-refractivity contribution in [2.75, 3.05) is 31.4 Å². The van der Waals surface area contributed by atoms with Gasteiger partial charge in [-0.25, -0.2) is 4.39 Å². The van der Waals surface area contributed by atoms with Crippen LogP contribution in [0, 0.1) is 12.7 Å². The third-order valence-electron chi connectivity index (χ3n) is 3.13. The summed E-state index contributed by atoms with van der Waals surface area (Å²) >= 11 is 0. The van der Waals surface area contributed by atoms with E-state index in [2.05, 4.69) is 17.1 Å². The summed E-state index contributed by atoms with van der Waals surface area (Å²) in [4.78, 5) is 2.05. The quantitative estimate of drug-likeness (QED) is 0.913. The van der Waals surface area contributed by atoms with Gasteiger partial charge in [0.25, 0.3) is 0 Å². The van der Waals surface area contributed by atoms with E-state index >= 15 is 0 Å². The fourth-order valence-corrected chi connectivity index (χ4v) is 2.08. The molecule has 0 unspecified atom stereocenters. The number of ether oxygens (including phenoxy) is 1. The second-order valence-corrected chi connectivity index (χ2v) is 4.87. The molecule has 1 N–H and O–H groups in total. The van der Waals surface area contributed by atoms with Gasteiger partial charge < -0.3 is 15.0 Å². The smallest absolute Gasteiger partial charge is 0.167 e. The van der Waals surface area contributed by atoms with Crippen LogP contribution in [-0.2, 0) is 0 Å². The molecule has 0 spiro atoms. The molecule has 0 fully saturated rings. The SMILES string of the molecule is COc1ccc(Nc2ccc(C)c(N(C)C)c2)cc1F. The number of hydrogen-bond acceptors (Lipinski definition) is 3. The Balaban J connectivity index is 2.26. The highest BCUT2D eigenvalue weighted by Crippen LogP contribution is 2.27. The van der Waals surface area contributed by atoms with Gasteiger partial charge in [-0.3, -0.25) is 0 Å². The standard InChI is InChI=1S/C16H19FN2O/c1-11-5-6-13(10-15(11)19(2)3)18-12-7-8-16(20-4)14(17)9-12/h5-10,18H,1-4H3. The minimum absolute atomic E-state index is 0.244. The predicted molar refractivity (Wildman–Crippen MR) is 81.7 cm³/mol. The topological polar surface area (TPSA) is 24.5 Å². The molecule has 0 bridgehead atoms. The molecule has 106 valence electrons. The first-order valence-corrected chi connectivity index (χ1v) is 6.40. The predicted octanol–water partition coefficient (Wildman–Crippen LogP) is 3.95. The second kappa shape index (κ2) is 5.82. The molecule has 2 rings (SSSR count). The van der Waals surface area contributed by atoms with Crippen molar-refractivity contribution in [3.63, 3.8) is 0 Å². The zero-order valence-corrected chi connectivity index (χ0v) is 12.2. The average Bonchev–Trinajstić information content (AvgIpc) is 2.41. The third-order valence-corrected chi connectivity index (χ3v) is 3.13. The van der Waals surface area contributed by atoms with E-state index in [1.165, 1.54) is 18.7 Å². The van der Waals surface area contributed by atoms with Crippen molar-refractivity contribution in [2.24, 2.45) is 0 Å². The first-order chi connectivity index (χ1) is 9.51. The van der Waals surface area contributed by atoms with Gasteiger partial charge in [-0.15, -0.1) is 0 Å². The number of anilines is 3. The van der Waals surface area contributed by atoms with Gasteiger partial charge in [-0.05, 0) is 36.8 Å². The van der Waals surface area contributed by atoms with Crippen molar-refractivity contribution in [3.05, 3.63) is 47.8 Å². The van der Waals surface area contributed by atoms with Gasteiger partial charge in [-0.1, -0.05) is 6.07 Å². The van der Waals surface area contributed by atoms with Crippen LogP contribution in [0.3, 0.4) is 0 Å². The molecule has 0 saturated carbocycles. The van der Waals surface area contributed by atoms with Crippen LogP contribution >= 0.6 is 0 Å². The lowest BCUT2D eigenvalue weighted by atomic mass is 10.1. The Morgan fingerprint density at radius 3 is 2.30 bits per heavy atom. The Bertz CT molecular complexity index is 611. The summed E-state index contributed by atoms with van der Waals surface area (Å²) in [5, 5.41) is 3.20. The van der Waals surface area contributed by atoms with E-state index < -0.39 is 0 Å². The summed E-state index contributed by atoms with van der Waals surface area (Å²) in [6.07, 6.45) is 0. The number of aryl methyl sites for hydroxylation is 1. The third kappa shape index (κ3) is 3.02. The maximum absolute atomic E-state index is 13.7. The van der Waals surface area contributed by atoms with Crippen molar-refractivity contribution in [1.82, 2.24) is 0 Å². The number of methoxy groups -OCH3 is 1. The van der Waals surface area contributed by atoms with Crippen molar-refractivity contribution in [2.45, 2.75) is 6.92 Å². The van der Waals surface area contributed by atoms with E-state index in [-0.39, 0.29) is 11.6 Å². The Kier molecular flexibility index (Phi) is 4.13. The summed E-state index contributed by atoms with van der Waals surface area (Å²) in [5.74, 6) is -0.133. The highest BCUT2D eigenvalue weighted by molar-refractivity contribution is 5.67. The molecular formula is C16H19FN2O. The molecule has 0 radical (unpaired) electrons. The van der Waals surface area contributed by atoms with Gasteiger partial charge in [0.05, 0.1) is 7.11 Å². The van der Waals surface area contributed by atoms with E-state index in [1.54, 1.807) is 12.1 Å². The van der Waals surface area contributed by atoms with E-state index in [0.717, 1.165) is 11.4 Å². The van der Waals surface area contributed by atoms with Crippen LogP contribution in [-0.4, -0.2) is 21.2 Å². The van der Waals surface area contributed by atoms with Crippen LogP contribution in [0.2, 0.25) is 0 Å². The largest absolute Gasteiger partial charge is 0.494 e. The lowest BCUT2D eigenvalue weighted by Gasteiger charge is -2.17. The second-order valence-electron chi connectivity index (χ2n) is 4.87. The molecule has 4 heteroatoms. The summed E-state index contributed by atoms with van der Waals surface area (Å²) in [6, 6.07) is 10.9. The van der Waals surface area contributed by atoms with E-state index in [1.807, 2.05) is 32.3 Å². The number of nitrogens with one attached hydrogen (secondary N) is 1. The summed E-state index contributed by atoms with van der Waals surface area (Å²) in [7, 11) is 5.45. The van der Waals surface area contributed by atoms with Gasteiger partial charge >= 0.3 is 0 Å². The van der Waals surface area contributed by atoms with Gasteiger partial charge in [-0.2, -0.15) is 0 Å². The molecular weight excluding hydrogens is 255 g/mol. The molecule has 20 heavy (non-hydrogen) atoms. The Morgan fingerprint density at radius 1 is 1.05 bits per heavy atom. The molecule has 0 aliphatic carbocycles. The zero-order chi connectivity index (χ0) is 14.7. The zero-order valence-electron chi connectivity index (χ0n) is 12.2. The Labute approximate surface area is 119 Å². The highest BCUT2D eigenvalue weighted by atomic mass is 19.1. The average molecular weight is 274 g/mol. The molecule has 0 saturated heterocycles. The normalized spacial score (nSPS) is 10.2. The van der Waals surface area contributed by atoms with Crippen molar-refractivity contribution in [1.29, 1.82) is 0 Å². The number of rotatable bonds is 4. The number of hydrogen-bond donors (Lipinski definition) is 1. The van der Waals surface area contributed by atoms with Crippen LogP contribution in [0.5, 0.6) is 5.75 Å². The van der Waals surface area contributed by atoms with Gasteiger partial charge in [0.15, 0.2) is 11.6 Å². The van der Waals surface area contributed by atoms with Gasteiger partial charge in [0.2, 0.25) is 0 Å². The minimum atomic E-state index is -0.377. The number of nitrogens with zero attached hydrogens (tertiary/aromatic N) is 1. The van der Waals surface area contributed by atoms with Crippen LogP contribution in [0.1, 0.15) is 5.56 Å². The number of halogens is 1. The van der Waals surface area contributed by atoms with Crippen molar-refractivity contribution < 1.29 is 9.13 Å². The van der Waals surface area contributed by atoms with E-state index in [4.69, 9.17) is 4.74 Å². The van der Waals surface area contributed by atoms with Crippen molar-refractivity contribution >= 4 is 17.1 Å². The summed E-state index contributed by atoms with van der Waals surface area (Å²) in [6.45, 7) is 2.06. The maximum Gasteiger partial charge on any atom is 0.167 e. The summed E-state index contributed by atoms with van der Waals surface area (Å²) < 4.78 is 18.6. The van der Waals surface area contributed by atoms with Gasteiger partial charge in [0, 0.05) is 37.2 Å². The monoisotopic (exact) mass is 274 g/mol. The molecule has 2 aromatic carbocycles. The van der Waals surface area contributed by atoms with E-state index in [0.29, 0.717) is 5.69 Å². The molecule has 0 heterocycles. The molecule has 0 atom stereocenters. The van der Waals surface area contributed by atoms with E-state index in [9.17, 15) is 4.39 Å².